The largest absolute Gasteiger partial charge is 0.365 e. The molecule has 1 saturated heterocycles. The maximum Gasteiger partial charge on any atom is 0.229 e. The average molecular weight is 452 g/mol. The molecule has 1 aliphatic rings. The number of halogens is 1. The van der Waals surface area contributed by atoms with E-state index in [1.165, 1.54) is 6.20 Å². The molecule has 0 aliphatic carbocycles. The molecular formula is C25H34FN7. The third-order valence-electron chi connectivity index (χ3n) is 6.86. The zero-order valence-electron chi connectivity index (χ0n) is 20.6. The van der Waals surface area contributed by atoms with Crippen LogP contribution in [0, 0.1) is 12.7 Å². The van der Waals surface area contributed by atoms with Gasteiger partial charge in [-0.1, -0.05) is 12.1 Å². The Hall–Kier alpha value is -3.00. The first-order chi connectivity index (χ1) is 15.4. The molecule has 2 aromatic heterocycles. The van der Waals surface area contributed by atoms with E-state index in [9.17, 15) is 4.39 Å². The Balaban J connectivity index is 1.49. The van der Waals surface area contributed by atoms with E-state index in [1.807, 2.05) is 49.1 Å². The van der Waals surface area contributed by atoms with Gasteiger partial charge in [0.15, 0.2) is 11.6 Å². The Morgan fingerprint density at radius 3 is 2.24 bits per heavy atom. The summed E-state index contributed by atoms with van der Waals surface area (Å²) >= 11 is 0. The van der Waals surface area contributed by atoms with Gasteiger partial charge in [-0.2, -0.15) is 10.1 Å². The number of benzene rings is 1. The molecule has 1 aliphatic heterocycles. The van der Waals surface area contributed by atoms with Crippen LogP contribution >= 0.6 is 0 Å². The van der Waals surface area contributed by atoms with E-state index in [4.69, 9.17) is 0 Å². The minimum Gasteiger partial charge on any atom is -0.365 e. The van der Waals surface area contributed by atoms with Gasteiger partial charge in [0.05, 0.1) is 11.9 Å². The van der Waals surface area contributed by atoms with Crippen LogP contribution in [-0.2, 0) is 7.05 Å². The van der Waals surface area contributed by atoms with Crippen molar-refractivity contribution >= 4 is 17.5 Å². The van der Waals surface area contributed by atoms with E-state index in [0.29, 0.717) is 5.95 Å². The maximum atomic E-state index is 14.6. The quantitative estimate of drug-likeness (QED) is 0.560. The van der Waals surface area contributed by atoms with E-state index in [1.54, 1.807) is 0 Å². The summed E-state index contributed by atoms with van der Waals surface area (Å²) in [5.74, 6) is 0.143. The predicted molar refractivity (Wildman–Crippen MR) is 131 cm³/mol. The molecule has 8 heteroatoms. The van der Waals surface area contributed by atoms with Crippen LogP contribution in [0.5, 0.6) is 0 Å². The van der Waals surface area contributed by atoms with Gasteiger partial charge in [-0.15, -0.1) is 0 Å². The fraction of sp³-hybridized carbons (Fsp3) is 0.480. The SMILES string of the molecule is Cc1nn(C)cc1-c1ccc(Nc2ncc(F)c(NC3CC(C)(C)N(C)C(C)(C)C3)n2)cc1. The highest BCUT2D eigenvalue weighted by Crippen LogP contribution is 2.38. The number of likely N-dealkylation sites (tertiary alicyclic amines) is 1. The van der Waals surface area contributed by atoms with Gasteiger partial charge in [0, 0.05) is 41.6 Å². The summed E-state index contributed by atoms with van der Waals surface area (Å²) < 4.78 is 16.4. The molecule has 4 rings (SSSR count). The van der Waals surface area contributed by atoms with Gasteiger partial charge >= 0.3 is 0 Å². The summed E-state index contributed by atoms with van der Waals surface area (Å²) in [4.78, 5) is 11.0. The number of aromatic nitrogens is 4. The van der Waals surface area contributed by atoms with Crippen molar-refractivity contribution in [1.29, 1.82) is 0 Å². The van der Waals surface area contributed by atoms with E-state index >= 15 is 0 Å². The van der Waals surface area contributed by atoms with Gasteiger partial charge in [0.1, 0.15) is 0 Å². The minimum absolute atomic E-state index is 0.00161. The summed E-state index contributed by atoms with van der Waals surface area (Å²) in [5.41, 5.74) is 3.99. The number of rotatable bonds is 5. The maximum absolute atomic E-state index is 14.6. The van der Waals surface area contributed by atoms with Gasteiger partial charge in [-0.05, 0) is 72.2 Å². The normalized spacial score (nSPS) is 18.3. The Morgan fingerprint density at radius 1 is 1.03 bits per heavy atom. The number of aryl methyl sites for hydroxylation is 2. The lowest BCUT2D eigenvalue weighted by atomic mass is 9.77. The smallest absolute Gasteiger partial charge is 0.229 e. The van der Waals surface area contributed by atoms with Crippen molar-refractivity contribution in [2.45, 2.75) is 64.6 Å². The number of anilines is 3. The first-order valence-electron chi connectivity index (χ1n) is 11.4. The minimum atomic E-state index is -0.447. The first kappa shape index (κ1) is 23.2. The molecule has 0 spiro atoms. The van der Waals surface area contributed by atoms with Crippen LogP contribution in [0.2, 0.25) is 0 Å². The van der Waals surface area contributed by atoms with Crippen LogP contribution in [0.25, 0.3) is 11.1 Å². The second-order valence-electron chi connectivity index (χ2n) is 10.3. The molecule has 0 unspecified atom stereocenters. The van der Waals surface area contributed by atoms with Crippen molar-refractivity contribution in [3.05, 3.63) is 48.2 Å². The van der Waals surface area contributed by atoms with E-state index in [2.05, 4.69) is 65.3 Å². The third kappa shape index (κ3) is 4.85. The Labute approximate surface area is 195 Å². The molecule has 0 bridgehead atoms. The third-order valence-corrected chi connectivity index (χ3v) is 6.86. The average Bonchev–Trinajstić information content (AvgIpc) is 3.07. The summed E-state index contributed by atoms with van der Waals surface area (Å²) in [5, 5.41) is 10.9. The number of hydrogen-bond acceptors (Lipinski definition) is 6. The lowest BCUT2D eigenvalue weighted by Gasteiger charge is -2.53. The van der Waals surface area contributed by atoms with Crippen LogP contribution < -0.4 is 10.6 Å². The number of nitrogens with one attached hydrogen (secondary N) is 2. The molecule has 2 N–H and O–H groups in total. The second-order valence-corrected chi connectivity index (χ2v) is 10.3. The number of nitrogens with zero attached hydrogens (tertiary/aromatic N) is 5. The highest BCUT2D eigenvalue weighted by Gasteiger charge is 2.43. The summed E-state index contributed by atoms with van der Waals surface area (Å²) in [6.07, 6.45) is 5.02. The monoisotopic (exact) mass is 451 g/mol. The van der Waals surface area contributed by atoms with Gasteiger partial charge in [-0.25, -0.2) is 9.37 Å². The van der Waals surface area contributed by atoms with Crippen LogP contribution in [0.4, 0.5) is 21.8 Å². The highest BCUT2D eigenvalue weighted by molar-refractivity contribution is 5.68. The van der Waals surface area contributed by atoms with Crippen LogP contribution in [0.15, 0.2) is 36.7 Å². The molecule has 176 valence electrons. The van der Waals surface area contributed by atoms with Gasteiger partial charge < -0.3 is 10.6 Å². The van der Waals surface area contributed by atoms with Crippen molar-refractivity contribution in [2.75, 3.05) is 17.7 Å². The van der Waals surface area contributed by atoms with E-state index in [-0.39, 0.29) is 22.9 Å². The first-order valence-corrected chi connectivity index (χ1v) is 11.4. The number of piperidine rings is 1. The van der Waals surface area contributed by atoms with E-state index in [0.717, 1.165) is 35.3 Å². The molecule has 3 aromatic rings. The Morgan fingerprint density at radius 2 is 1.67 bits per heavy atom. The fourth-order valence-electron chi connectivity index (χ4n) is 4.94. The zero-order valence-corrected chi connectivity index (χ0v) is 20.6. The van der Waals surface area contributed by atoms with Crippen LogP contribution in [0.3, 0.4) is 0 Å². The highest BCUT2D eigenvalue weighted by atomic mass is 19.1. The standard InChI is InChI=1S/C25H34FN7/c1-16-20(15-32(6)31-16)17-8-10-18(11-9-17)29-23-27-14-21(26)22(30-23)28-19-12-24(2,3)33(7)25(4,5)13-19/h8-11,14-15,19H,12-13H2,1-7H3,(H2,27,28,29,30). The number of hydrogen-bond donors (Lipinski definition) is 2. The molecule has 7 nitrogen and oxygen atoms in total. The summed E-state index contributed by atoms with van der Waals surface area (Å²) in [7, 11) is 4.07. The molecular weight excluding hydrogens is 417 g/mol. The molecule has 33 heavy (non-hydrogen) atoms. The topological polar surface area (TPSA) is 70.9 Å². The molecule has 0 radical (unpaired) electrons. The molecule has 0 atom stereocenters. The van der Waals surface area contributed by atoms with Crippen molar-refractivity contribution in [3.63, 3.8) is 0 Å². The molecule has 0 saturated carbocycles. The second kappa shape index (κ2) is 8.41. The van der Waals surface area contributed by atoms with E-state index < -0.39 is 5.82 Å². The van der Waals surface area contributed by atoms with Crippen molar-refractivity contribution < 1.29 is 4.39 Å². The lowest BCUT2D eigenvalue weighted by molar-refractivity contribution is -0.00778. The summed E-state index contributed by atoms with van der Waals surface area (Å²) in [6.45, 7) is 10.9. The van der Waals surface area contributed by atoms with Gasteiger partial charge in [0.2, 0.25) is 5.95 Å². The Kier molecular flexibility index (Phi) is 5.90. The summed E-state index contributed by atoms with van der Waals surface area (Å²) in [6, 6.07) is 8.09. The van der Waals surface area contributed by atoms with Crippen molar-refractivity contribution in [1.82, 2.24) is 24.6 Å². The molecule has 1 fully saturated rings. The Bertz CT molecular complexity index is 1120. The zero-order chi connectivity index (χ0) is 24.0. The van der Waals surface area contributed by atoms with Crippen LogP contribution in [0.1, 0.15) is 46.2 Å². The predicted octanol–water partition coefficient (Wildman–Crippen LogP) is 5.13. The fourth-order valence-corrected chi connectivity index (χ4v) is 4.94. The van der Waals surface area contributed by atoms with Crippen LogP contribution in [-0.4, -0.2) is 48.8 Å². The van der Waals surface area contributed by atoms with Gasteiger partial charge in [0.25, 0.3) is 0 Å². The van der Waals surface area contributed by atoms with Crippen molar-refractivity contribution in [2.24, 2.45) is 7.05 Å². The molecule has 0 amide bonds. The van der Waals surface area contributed by atoms with Crippen molar-refractivity contribution in [3.8, 4) is 11.1 Å². The lowest BCUT2D eigenvalue weighted by Crippen LogP contribution is -2.61. The molecule has 1 aromatic carbocycles. The molecule has 3 heterocycles. The van der Waals surface area contributed by atoms with Gasteiger partial charge in [-0.3, -0.25) is 9.58 Å².